The van der Waals surface area contributed by atoms with Crippen LogP contribution in [0.4, 0.5) is 0 Å². The van der Waals surface area contributed by atoms with Crippen molar-refractivity contribution >= 4 is 5.84 Å². The monoisotopic (exact) mass is 199 g/mol. The number of fused-ring (bicyclic) bond motifs is 1. The van der Waals surface area contributed by atoms with E-state index in [0.29, 0.717) is 18.7 Å². The Morgan fingerprint density at radius 2 is 2.43 bits per heavy atom. The van der Waals surface area contributed by atoms with Gasteiger partial charge in [0.1, 0.15) is 0 Å². The molecule has 2 atom stereocenters. The van der Waals surface area contributed by atoms with Gasteiger partial charge in [0.05, 0.1) is 19.3 Å². The molecule has 2 fully saturated rings. The lowest BCUT2D eigenvalue weighted by Crippen LogP contribution is -2.51. The molecule has 2 aliphatic rings. The normalized spacial score (nSPS) is 34.4. The molecule has 0 spiro atoms. The maximum atomic E-state index is 8.51. The highest BCUT2D eigenvalue weighted by Crippen LogP contribution is 2.29. The van der Waals surface area contributed by atoms with Gasteiger partial charge >= 0.3 is 0 Å². The minimum Gasteiger partial charge on any atom is -0.409 e. The molecule has 0 bridgehead atoms. The molecule has 1 saturated heterocycles. The van der Waals surface area contributed by atoms with Crippen molar-refractivity contribution in [3.8, 4) is 0 Å². The number of oxime groups is 1. The van der Waals surface area contributed by atoms with Gasteiger partial charge in [-0.15, -0.1) is 0 Å². The van der Waals surface area contributed by atoms with Gasteiger partial charge in [0, 0.05) is 12.6 Å². The highest BCUT2D eigenvalue weighted by molar-refractivity contribution is 5.81. The molecule has 3 N–H and O–H groups in total. The minimum absolute atomic E-state index is 0.289. The second-order valence-corrected chi connectivity index (χ2v) is 3.97. The van der Waals surface area contributed by atoms with Crippen molar-refractivity contribution in [1.82, 2.24) is 4.90 Å². The molecule has 1 aliphatic carbocycles. The zero-order valence-corrected chi connectivity index (χ0v) is 8.22. The van der Waals surface area contributed by atoms with Crippen molar-refractivity contribution in [2.24, 2.45) is 10.9 Å². The molecule has 0 aromatic carbocycles. The topological polar surface area (TPSA) is 71.1 Å². The van der Waals surface area contributed by atoms with Crippen LogP contribution in [0.5, 0.6) is 0 Å². The van der Waals surface area contributed by atoms with E-state index < -0.39 is 0 Å². The van der Waals surface area contributed by atoms with Gasteiger partial charge in [-0.2, -0.15) is 0 Å². The zero-order chi connectivity index (χ0) is 9.97. The molecular weight excluding hydrogens is 182 g/mol. The summed E-state index contributed by atoms with van der Waals surface area (Å²) < 4.78 is 5.66. The molecule has 1 heterocycles. The van der Waals surface area contributed by atoms with E-state index in [1.54, 1.807) is 0 Å². The van der Waals surface area contributed by atoms with Crippen molar-refractivity contribution in [1.29, 1.82) is 0 Å². The van der Waals surface area contributed by atoms with Crippen LogP contribution in [0.1, 0.15) is 19.3 Å². The van der Waals surface area contributed by atoms with Crippen LogP contribution in [0, 0.1) is 0 Å². The molecular formula is C9H17N3O2. The van der Waals surface area contributed by atoms with Gasteiger partial charge in [-0.25, -0.2) is 0 Å². The molecule has 1 saturated carbocycles. The molecule has 5 heteroatoms. The lowest BCUT2D eigenvalue weighted by molar-refractivity contribution is -0.0498. The van der Waals surface area contributed by atoms with E-state index in [9.17, 15) is 0 Å². The van der Waals surface area contributed by atoms with E-state index in [1.165, 1.54) is 12.8 Å². The lowest BCUT2D eigenvalue weighted by Gasteiger charge is -2.37. The van der Waals surface area contributed by atoms with Crippen molar-refractivity contribution in [2.75, 3.05) is 19.7 Å². The number of amidine groups is 1. The summed E-state index contributed by atoms with van der Waals surface area (Å²) in [7, 11) is 0. The summed E-state index contributed by atoms with van der Waals surface area (Å²) in [5, 5.41) is 11.5. The average molecular weight is 199 g/mol. The van der Waals surface area contributed by atoms with E-state index in [4.69, 9.17) is 15.7 Å². The summed E-state index contributed by atoms with van der Waals surface area (Å²) in [4.78, 5) is 2.26. The number of ether oxygens (including phenoxy) is 1. The van der Waals surface area contributed by atoms with Crippen LogP contribution in [0.15, 0.2) is 5.16 Å². The third kappa shape index (κ3) is 1.83. The fraction of sp³-hybridized carbons (Fsp3) is 0.889. The van der Waals surface area contributed by atoms with E-state index in [2.05, 4.69) is 10.1 Å². The Morgan fingerprint density at radius 1 is 1.57 bits per heavy atom. The SMILES string of the molecule is N/C(CN1CCOC2CCCC21)=N\O. The maximum Gasteiger partial charge on any atom is 0.153 e. The molecule has 80 valence electrons. The first-order valence-electron chi connectivity index (χ1n) is 5.13. The summed E-state index contributed by atoms with van der Waals surface area (Å²) in [6.45, 7) is 2.21. The third-order valence-electron chi connectivity index (χ3n) is 3.09. The largest absolute Gasteiger partial charge is 0.409 e. The van der Waals surface area contributed by atoms with Gasteiger partial charge in [0.25, 0.3) is 0 Å². The van der Waals surface area contributed by atoms with Crippen molar-refractivity contribution < 1.29 is 9.94 Å². The molecule has 2 rings (SSSR count). The average Bonchev–Trinajstić information content (AvgIpc) is 2.66. The van der Waals surface area contributed by atoms with E-state index in [0.717, 1.165) is 19.6 Å². The fourth-order valence-electron chi connectivity index (χ4n) is 2.44. The molecule has 2 unspecified atom stereocenters. The first kappa shape index (κ1) is 9.73. The number of morpholine rings is 1. The van der Waals surface area contributed by atoms with E-state index >= 15 is 0 Å². The Morgan fingerprint density at radius 3 is 3.21 bits per heavy atom. The predicted octanol–water partition coefficient (Wildman–Crippen LogP) is -0.0139. The summed E-state index contributed by atoms with van der Waals surface area (Å²) in [5.74, 6) is 0.289. The van der Waals surface area contributed by atoms with Crippen LogP contribution < -0.4 is 5.73 Å². The highest BCUT2D eigenvalue weighted by atomic mass is 16.5. The molecule has 5 nitrogen and oxygen atoms in total. The first-order chi connectivity index (χ1) is 6.81. The van der Waals surface area contributed by atoms with E-state index in [-0.39, 0.29) is 5.84 Å². The summed E-state index contributed by atoms with van der Waals surface area (Å²) in [5.41, 5.74) is 5.50. The van der Waals surface area contributed by atoms with Crippen LogP contribution in [0.3, 0.4) is 0 Å². The lowest BCUT2D eigenvalue weighted by atomic mass is 10.1. The van der Waals surface area contributed by atoms with Crippen molar-refractivity contribution in [3.63, 3.8) is 0 Å². The van der Waals surface area contributed by atoms with Gasteiger partial charge in [0.2, 0.25) is 0 Å². The fourth-order valence-corrected chi connectivity index (χ4v) is 2.44. The van der Waals surface area contributed by atoms with Gasteiger partial charge in [0.15, 0.2) is 5.84 Å². The van der Waals surface area contributed by atoms with Gasteiger partial charge in [-0.3, -0.25) is 4.90 Å². The second kappa shape index (κ2) is 4.14. The Labute approximate surface area is 83.5 Å². The quantitative estimate of drug-likeness (QED) is 0.284. The Kier molecular flexibility index (Phi) is 2.88. The predicted molar refractivity (Wildman–Crippen MR) is 52.4 cm³/mol. The first-order valence-corrected chi connectivity index (χ1v) is 5.13. The van der Waals surface area contributed by atoms with E-state index in [1.807, 2.05) is 0 Å². The van der Waals surface area contributed by atoms with Crippen molar-refractivity contribution in [2.45, 2.75) is 31.4 Å². The van der Waals surface area contributed by atoms with Crippen LogP contribution in [-0.2, 0) is 4.74 Å². The Hall–Kier alpha value is -0.810. The molecule has 0 radical (unpaired) electrons. The van der Waals surface area contributed by atoms with Gasteiger partial charge < -0.3 is 15.7 Å². The standard InChI is InChI=1S/C9H17N3O2/c10-9(11-13)6-12-4-5-14-8-3-1-2-7(8)12/h7-8,13H,1-6H2,(H2,10,11). The molecule has 1 aliphatic heterocycles. The number of nitrogens with zero attached hydrogens (tertiary/aromatic N) is 2. The molecule has 0 aromatic heterocycles. The van der Waals surface area contributed by atoms with Gasteiger partial charge in [-0.05, 0) is 19.3 Å². The van der Waals surface area contributed by atoms with Crippen LogP contribution in [-0.4, -0.2) is 47.8 Å². The second-order valence-electron chi connectivity index (χ2n) is 3.97. The summed E-state index contributed by atoms with van der Waals surface area (Å²) >= 11 is 0. The Bertz CT molecular complexity index is 232. The third-order valence-corrected chi connectivity index (χ3v) is 3.09. The van der Waals surface area contributed by atoms with Crippen LogP contribution >= 0.6 is 0 Å². The number of nitrogens with two attached hydrogens (primary N) is 1. The number of hydrogen-bond acceptors (Lipinski definition) is 4. The zero-order valence-electron chi connectivity index (χ0n) is 8.22. The maximum absolute atomic E-state index is 8.51. The summed E-state index contributed by atoms with van der Waals surface area (Å²) in [6.07, 6.45) is 3.91. The molecule has 0 aromatic rings. The smallest absolute Gasteiger partial charge is 0.153 e. The minimum atomic E-state index is 0.289. The number of rotatable bonds is 2. The Balaban J connectivity index is 1.96. The molecule has 14 heavy (non-hydrogen) atoms. The van der Waals surface area contributed by atoms with Crippen LogP contribution in [0.2, 0.25) is 0 Å². The number of hydrogen-bond donors (Lipinski definition) is 2. The van der Waals surface area contributed by atoms with Crippen LogP contribution in [0.25, 0.3) is 0 Å². The van der Waals surface area contributed by atoms with Crippen molar-refractivity contribution in [3.05, 3.63) is 0 Å². The summed E-state index contributed by atoms with van der Waals surface area (Å²) in [6, 6.07) is 0.476. The highest BCUT2D eigenvalue weighted by Gasteiger charge is 2.36. The van der Waals surface area contributed by atoms with Gasteiger partial charge in [-0.1, -0.05) is 5.16 Å². The molecule has 0 amide bonds.